The molecule has 1 aromatic rings. The molecule has 0 heterocycles. The van der Waals surface area contributed by atoms with Crippen molar-refractivity contribution in [2.24, 2.45) is 0 Å². The molecule has 0 saturated carbocycles. The van der Waals surface area contributed by atoms with Crippen molar-refractivity contribution >= 4 is 28.5 Å². The Balaban J connectivity index is 2.65. The SMILES string of the molecule is CCC(O)(CC)CNC(=O)c1ccccc1I. The minimum atomic E-state index is -0.796. The minimum Gasteiger partial charge on any atom is -0.388 e. The molecule has 0 aliphatic heterocycles. The summed E-state index contributed by atoms with van der Waals surface area (Å²) in [5.41, 5.74) is -0.141. The van der Waals surface area contributed by atoms with Gasteiger partial charge in [-0.1, -0.05) is 26.0 Å². The van der Waals surface area contributed by atoms with Gasteiger partial charge < -0.3 is 10.4 Å². The van der Waals surface area contributed by atoms with Crippen LogP contribution in [0.15, 0.2) is 24.3 Å². The molecule has 0 aromatic heterocycles. The number of rotatable bonds is 5. The van der Waals surface area contributed by atoms with E-state index in [9.17, 15) is 9.90 Å². The molecule has 0 radical (unpaired) electrons. The summed E-state index contributed by atoms with van der Waals surface area (Å²) >= 11 is 2.13. The van der Waals surface area contributed by atoms with Crippen molar-refractivity contribution in [1.29, 1.82) is 0 Å². The van der Waals surface area contributed by atoms with Crippen LogP contribution >= 0.6 is 22.6 Å². The van der Waals surface area contributed by atoms with Crippen molar-refractivity contribution in [1.82, 2.24) is 5.32 Å². The fourth-order valence-corrected chi connectivity index (χ4v) is 2.12. The fourth-order valence-electron chi connectivity index (χ4n) is 1.49. The number of amides is 1. The zero-order chi connectivity index (χ0) is 12.9. The van der Waals surface area contributed by atoms with E-state index in [1.165, 1.54) is 0 Å². The molecule has 0 spiro atoms. The Morgan fingerprint density at radius 3 is 2.47 bits per heavy atom. The maximum absolute atomic E-state index is 11.9. The zero-order valence-electron chi connectivity index (χ0n) is 10.2. The molecule has 1 amide bonds. The molecule has 2 N–H and O–H groups in total. The van der Waals surface area contributed by atoms with Crippen LogP contribution in [0.25, 0.3) is 0 Å². The summed E-state index contributed by atoms with van der Waals surface area (Å²) in [6, 6.07) is 7.41. The van der Waals surface area contributed by atoms with Crippen LogP contribution in [-0.2, 0) is 0 Å². The van der Waals surface area contributed by atoms with Crippen LogP contribution in [0.1, 0.15) is 37.0 Å². The lowest BCUT2D eigenvalue weighted by Gasteiger charge is -2.25. The first-order chi connectivity index (χ1) is 8.02. The monoisotopic (exact) mass is 347 g/mol. The molecule has 1 rings (SSSR count). The molecule has 0 fully saturated rings. The van der Waals surface area contributed by atoms with E-state index in [-0.39, 0.29) is 5.91 Å². The molecule has 0 bridgehead atoms. The van der Waals surface area contributed by atoms with Gasteiger partial charge in [0.25, 0.3) is 5.91 Å². The predicted octanol–water partition coefficient (Wildman–Crippen LogP) is 2.57. The number of halogens is 1. The maximum Gasteiger partial charge on any atom is 0.252 e. The molecular weight excluding hydrogens is 329 g/mol. The van der Waals surface area contributed by atoms with Crippen molar-refractivity contribution in [3.05, 3.63) is 33.4 Å². The van der Waals surface area contributed by atoms with Gasteiger partial charge in [0.2, 0.25) is 0 Å². The third-order valence-corrected chi connectivity index (χ3v) is 3.95. The number of aliphatic hydroxyl groups is 1. The number of nitrogens with one attached hydrogen (secondary N) is 1. The lowest BCUT2D eigenvalue weighted by Crippen LogP contribution is -2.42. The van der Waals surface area contributed by atoms with Crippen LogP contribution in [0, 0.1) is 3.57 Å². The lowest BCUT2D eigenvalue weighted by molar-refractivity contribution is 0.0314. The number of hydrogen-bond acceptors (Lipinski definition) is 2. The highest BCUT2D eigenvalue weighted by atomic mass is 127. The van der Waals surface area contributed by atoms with Gasteiger partial charge in [0.05, 0.1) is 11.2 Å². The van der Waals surface area contributed by atoms with Crippen molar-refractivity contribution in [3.8, 4) is 0 Å². The highest BCUT2D eigenvalue weighted by molar-refractivity contribution is 14.1. The second kappa shape index (κ2) is 6.35. The maximum atomic E-state index is 11.9. The van der Waals surface area contributed by atoms with E-state index in [0.717, 1.165) is 3.57 Å². The topological polar surface area (TPSA) is 49.3 Å². The van der Waals surface area contributed by atoms with Gasteiger partial charge in [-0.25, -0.2) is 0 Å². The molecule has 4 heteroatoms. The van der Waals surface area contributed by atoms with E-state index in [2.05, 4.69) is 27.9 Å². The van der Waals surface area contributed by atoms with Gasteiger partial charge in [0, 0.05) is 10.1 Å². The number of carbonyl (C=O) groups is 1. The van der Waals surface area contributed by atoms with Gasteiger partial charge in [0.1, 0.15) is 0 Å². The van der Waals surface area contributed by atoms with Crippen LogP contribution in [0.5, 0.6) is 0 Å². The zero-order valence-corrected chi connectivity index (χ0v) is 12.3. The van der Waals surface area contributed by atoms with Gasteiger partial charge in [0.15, 0.2) is 0 Å². The number of benzene rings is 1. The van der Waals surface area contributed by atoms with E-state index in [0.29, 0.717) is 24.9 Å². The van der Waals surface area contributed by atoms with Gasteiger partial charge in [-0.05, 0) is 47.6 Å². The third-order valence-electron chi connectivity index (χ3n) is 3.01. The average molecular weight is 347 g/mol. The molecule has 17 heavy (non-hydrogen) atoms. The first kappa shape index (κ1) is 14.4. The van der Waals surface area contributed by atoms with Gasteiger partial charge >= 0.3 is 0 Å². The third kappa shape index (κ3) is 3.96. The molecule has 0 unspecified atom stereocenters. The highest BCUT2D eigenvalue weighted by Crippen LogP contribution is 2.14. The minimum absolute atomic E-state index is 0.129. The van der Waals surface area contributed by atoms with Crippen molar-refractivity contribution in [2.45, 2.75) is 32.3 Å². The second-order valence-corrected chi connectivity index (χ2v) is 5.26. The fraction of sp³-hybridized carbons (Fsp3) is 0.462. The number of carbonyl (C=O) groups excluding carboxylic acids is 1. The van der Waals surface area contributed by atoms with Crippen LogP contribution in [0.4, 0.5) is 0 Å². The van der Waals surface area contributed by atoms with Crippen LogP contribution in [-0.4, -0.2) is 23.2 Å². The first-order valence-electron chi connectivity index (χ1n) is 5.77. The molecule has 0 saturated heterocycles. The summed E-state index contributed by atoms with van der Waals surface area (Å²) in [6.45, 7) is 4.13. The number of hydrogen-bond donors (Lipinski definition) is 2. The second-order valence-electron chi connectivity index (χ2n) is 4.09. The average Bonchev–Trinajstić information content (AvgIpc) is 2.36. The molecule has 0 atom stereocenters. The van der Waals surface area contributed by atoms with Crippen molar-refractivity contribution in [2.75, 3.05) is 6.54 Å². The van der Waals surface area contributed by atoms with Crippen LogP contribution in [0.3, 0.4) is 0 Å². The van der Waals surface area contributed by atoms with E-state index >= 15 is 0 Å². The Labute approximate surface area is 116 Å². The van der Waals surface area contributed by atoms with Crippen LogP contribution < -0.4 is 5.32 Å². The first-order valence-corrected chi connectivity index (χ1v) is 6.85. The van der Waals surface area contributed by atoms with E-state index in [1.54, 1.807) is 6.07 Å². The molecular formula is C13H18INO2. The summed E-state index contributed by atoms with van der Waals surface area (Å²) in [5, 5.41) is 12.9. The quantitative estimate of drug-likeness (QED) is 0.805. The molecule has 0 aliphatic rings. The predicted molar refractivity (Wildman–Crippen MR) is 77.0 cm³/mol. The Morgan fingerprint density at radius 2 is 1.94 bits per heavy atom. The smallest absolute Gasteiger partial charge is 0.252 e. The Hall–Kier alpha value is -0.620. The molecule has 0 aliphatic carbocycles. The Bertz CT molecular complexity index is 389. The molecule has 3 nitrogen and oxygen atoms in total. The van der Waals surface area contributed by atoms with Gasteiger partial charge in [-0.15, -0.1) is 0 Å². The van der Waals surface area contributed by atoms with E-state index < -0.39 is 5.60 Å². The highest BCUT2D eigenvalue weighted by Gasteiger charge is 2.23. The van der Waals surface area contributed by atoms with Gasteiger partial charge in [-0.2, -0.15) is 0 Å². The summed E-state index contributed by atoms with van der Waals surface area (Å²) in [5.74, 6) is -0.129. The molecule has 94 valence electrons. The summed E-state index contributed by atoms with van der Waals surface area (Å²) in [4.78, 5) is 11.9. The van der Waals surface area contributed by atoms with Crippen molar-refractivity contribution < 1.29 is 9.90 Å². The summed E-state index contributed by atoms with van der Waals surface area (Å²) in [6.07, 6.45) is 1.27. The Kier molecular flexibility index (Phi) is 5.39. The van der Waals surface area contributed by atoms with Crippen molar-refractivity contribution in [3.63, 3.8) is 0 Å². The van der Waals surface area contributed by atoms with Crippen LogP contribution in [0.2, 0.25) is 0 Å². The standard InChI is InChI=1S/C13H18INO2/c1-3-13(17,4-2)9-15-12(16)10-7-5-6-8-11(10)14/h5-8,17H,3-4,9H2,1-2H3,(H,15,16). The summed E-state index contributed by atoms with van der Waals surface area (Å²) in [7, 11) is 0. The van der Waals surface area contributed by atoms with Gasteiger partial charge in [-0.3, -0.25) is 4.79 Å². The summed E-state index contributed by atoms with van der Waals surface area (Å²) < 4.78 is 0.916. The van der Waals surface area contributed by atoms with E-state index in [1.807, 2.05) is 32.0 Å². The lowest BCUT2D eigenvalue weighted by atomic mass is 9.97. The van der Waals surface area contributed by atoms with E-state index in [4.69, 9.17) is 0 Å². The largest absolute Gasteiger partial charge is 0.388 e. The normalized spacial score (nSPS) is 11.3. The molecule has 1 aromatic carbocycles. The Morgan fingerprint density at radius 1 is 1.35 bits per heavy atom.